The van der Waals surface area contributed by atoms with Crippen molar-refractivity contribution in [3.8, 4) is 0 Å². The fourth-order valence-electron chi connectivity index (χ4n) is 5.25. The van der Waals surface area contributed by atoms with E-state index in [-0.39, 0.29) is 23.6 Å². The minimum Gasteiger partial charge on any atom is -0.308 e. The molecule has 0 spiro atoms. The molecule has 0 saturated carbocycles. The van der Waals surface area contributed by atoms with Gasteiger partial charge in [-0.25, -0.2) is 0 Å². The van der Waals surface area contributed by atoms with Crippen molar-refractivity contribution in [2.24, 2.45) is 0 Å². The highest BCUT2D eigenvalue weighted by atomic mass is 35.5. The van der Waals surface area contributed by atoms with Crippen molar-refractivity contribution in [1.82, 2.24) is 19.6 Å². The Balaban J connectivity index is 0.000000168. The Morgan fingerprint density at radius 2 is 0.905 bits per heavy atom. The lowest BCUT2D eigenvalue weighted by Gasteiger charge is -2.28. The Labute approximate surface area is 254 Å². The van der Waals surface area contributed by atoms with Crippen LogP contribution in [0.5, 0.6) is 0 Å². The van der Waals surface area contributed by atoms with E-state index in [2.05, 4.69) is 0 Å². The third-order valence-electron chi connectivity index (χ3n) is 7.33. The van der Waals surface area contributed by atoms with E-state index in [1.807, 2.05) is 62.3 Å². The number of imide groups is 2. The van der Waals surface area contributed by atoms with Crippen molar-refractivity contribution < 1.29 is 19.2 Å². The molecule has 216 valence electrons. The quantitative estimate of drug-likeness (QED) is 0.278. The van der Waals surface area contributed by atoms with E-state index in [1.54, 1.807) is 36.4 Å². The molecule has 0 aromatic heterocycles. The molecule has 10 heteroatoms. The third kappa shape index (κ3) is 5.51. The molecule has 0 aliphatic carbocycles. The van der Waals surface area contributed by atoms with Crippen LogP contribution >= 0.6 is 23.2 Å². The summed E-state index contributed by atoms with van der Waals surface area (Å²) in [6.07, 6.45) is 0. The van der Waals surface area contributed by atoms with E-state index in [0.717, 1.165) is 10.8 Å². The molecule has 4 aromatic carbocycles. The molecule has 0 N–H and O–H groups in total. The molecule has 4 amide bonds. The van der Waals surface area contributed by atoms with Crippen LogP contribution in [0.1, 0.15) is 41.4 Å². The van der Waals surface area contributed by atoms with Gasteiger partial charge in [-0.05, 0) is 75.4 Å². The van der Waals surface area contributed by atoms with Crippen molar-refractivity contribution in [2.45, 2.75) is 0 Å². The summed E-state index contributed by atoms with van der Waals surface area (Å²) in [6.45, 7) is 1.99. The summed E-state index contributed by atoms with van der Waals surface area (Å²) in [6, 6.07) is 17.7. The van der Waals surface area contributed by atoms with E-state index >= 15 is 0 Å². The van der Waals surface area contributed by atoms with Gasteiger partial charge < -0.3 is 9.80 Å². The Bertz CT molecular complexity index is 1640. The normalized spacial score (nSPS) is 14.4. The number of nitrogens with zero attached hydrogens (tertiary/aromatic N) is 4. The van der Waals surface area contributed by atoms with Crippen molar-refractivity contribution in [1.29, 1.82) is 0 Å². The van der Waals surface area contributed by atoms with Crippen molar-refractivity contribution in [3.63, 3.8) is 0 Å². The summed E-state index contributed by atoms with van der Waals surface area (Å²) < 4.78 is 0. The zero-order chi connectivity index (χ0) is 30.3. The molecule has 0 saturated heterocycles. The van der Waals surface area contributed by atoms with E-state index in [4.69, 9.17) is 23.2 Å². The number of hydrogen-bond acceptors (Lipinski definition) is 6. The van der Waals surface area contributed by atoms with E-state index < -0.39 is 0 Å². The molecular weight excluding hydrogens is 575 g/mol. The van der Waals surface area contributed by atoms with Crippen LogP contribution in [-0.4, -0.2) is 97.6 Å². The predicted molar refractivity (Wildman–Crippen MR) is 166 cm³/mol. The van der Waals surface area contributed by atoms with Crippen LogP contribution in [0.3, 0.4) is 0 Å². The molecule has 2 heterocycles. The third-order valence-corrected chi connectivity index (χ3v) is 7.76. The maximum Gasteiger partial charge on any atom is 0.261 e. The zero-order valence-corrected chi connectivity index (χ0v) is 25.3. The summed E-state index contributed by atoms with van der Waals surface area (Å²) >= 11 is 12.2. The number of halogens is 2. The van der Waals surface area contributed by atoms with Crippen molar-refractivity contribution >= 4 is 68.4 Å². The number of carbonyl (C=O) groups is 4. The van der Waals surface area contributed by atoms with Crippen LogP contribution < -0.4 is 0 Å². The largest absolute Gasteiger partial charge is 0.308 e. The molecule has 2 aliphatic rings. The molecule has 0 unspecified atom stereocenters. The molecular formula is C32H30Cl2N4O4. The standard InChI is InChI=1S/2C16H15ClN2O2/c2*1-18(2)6-7-19-15(20)12-5-3-4-10-8-11(17)9-13(14(10)12)16(19)21/h2*3-5,8-9H,6-7H2,1-2H3. The average molecular weight is 606 g/mol. The highest BCUT2D eigenvalue weighted by Crippen LogP contribution is 2.34. The predicted octanol–water partition coefficient (Wildman–Crippen LogP) is 5.30. The molecule has 8 nitrogen and oxygen atoms in total. The summed E-state index contributed by atoms with van der Waals surface area (Å²) in [5, 5.41) is 4.07. The Hall–Kier alpha value is -3.82. The fourth-order valence-corrected chi connectivity index (χ4v) is 5.70. The smallest absolute Gasteiger partial charge is 0.261 e. The first-order chi connectivity index (χ1) is 20.0. The van der Waals surface area contributed by atoms with Crippen LogP contribution in [0.25, 0.3) is 21.5 Å². The Morgan fingerprint density at radius 3 is 1.26 bits per heavy atom. The summed E-state index contributed by atoms with van der Waals surface area (Å²) in [5.41, 5.74) is 2.15. The van der Waals surface area contributed by atoms with Gasteiger partial charge in [-0.15, -0.1) is 0 Å². The van der Waals surface area contributed by atoms with Gasteiger partial charge in [0.25, 0.3) is 23.6 Å². The Kier molecular flexibility index (Phi) is 8.35. The van der Waals surface area contributed by atoms with Gasteiger partial charge in [-0.2, -0.15) is 0 Å². The first-order valence-corrected chi connectivity index (χ1v) is 14.2. The van der Waals surface area contributed by atoms with Gasteiger partial charge in [0.05, 0.1) is 11.1 Å². The second-order valence-electron chi connectivity index (χ2n) is 10.8. The molecule has 0 radical (unpaired) electrons. The summed E-state index contributed by atoms with van der Waals surface area (Å²) in [7, 11) is 7.63. The van der Waals surface area contributed by atoms with Gasteiger partial charge in [-0.1, -0.05) is 47.5 Å². The van der Waals surface area contributed by atoms with Gasteiger partial charge in [-0.3, -0.25) is 29.0 Å². The van der Waals surface area contributed by atoms with Crippen LogP contribution in [0.2, 0.25) is 10.0 Å². The molecule has 6 rings (SSSR count). The van der Waals surface area contributed by atoms with Gasteiger partial charge in [0.1, 0.15) is 0 Å². The van der Waals surface area contributed by atoms with Crippen LogP contribution in [0, 0.1) is 0 Å². The fraction of sp³-hybridized carbons (Fsp3) is 0.250. The number of amides is 4. The average Bonchev–Trinajstić information content (AvgIpc) is 2.94. The maximum atomic E-state index is 12.6. The van der Waals surface area contributed by atoms with Gasteiger partial charge in [0.15, 0.2) is 0 Å². The second kappa shape index (κ2) is 11.8. The Morgan fingerprint density at radius 1 is 0.548 bits per heavy atom. The monoisotopic (exact) mass is 604 g/mol. The first kappa shape index (κ1) is 29.7. The molecule has 42 heavy (non-hydrogen) atoms. The molecule has 0 fully saturated rings. The number of likely N-dealkylation sites (N-methyl/N-ethyl adjacent to an activating group) is 2. The number of hydrogen-bond donors (Lipinski definition) is 0. The minimum absolute atomic E-state index is 0.234. The second-order valence-corrected chi connectivity index (χ2v) is 11.7. The number of rotatable bonds is 6. The topological polar surface area (TPSA) is 81.2 Å². The lowest BCUT2D eigenvalue weighted by Crippen LogP contribution is -2.43. The first-order valence-electron chi connectivity index (χ1n) is 13.4. The van der Waals surface area contributed by atoms with Gasteiger partial charge >= 0.3 is 0 Å². The molecule has 0 atom stereocenters. The molecule has 2 aliphatic heterocycles. The lowest BCUT2D eigenvalue weighted by molar-refractivity contribution is 0.0585. The van der Waals surface area contributed by atoms with E-state index in [1.165, 1.54) is 9.80 Å². The summed E-state index contributed by atoms with van der Waals surface area (Å²) in [4.78, 5) is 56.8. The van der Waals surface area contributed by atoms with Gasteiger partial charge in [0.2, 0.25) is 0 Å². The lowest BCUT2D eigenvalue weighted by atomic mass is 9.94. The van der Waals surface area contributed by atoms with E-state index in [0.29, 0.717) is 69.3 Å². The highest BCUT2D eigenvalue weighted by molar-refractivity contribution is 6.34. The van der Waals surface area contributed by atoms with Crippen molar-refractivity contribution in [2.75, 3.05) is 54.4 Å². The highest BCUT2D eigenvalue weighted by Gasteiger charge is 2.34. The van der Waals surface area contributed by atoms with Crippen LogP contribution in [0.15, 0.2) is 60.7 Å². The summed E-state index contributed by atoms with van der Waals surface area (Å²) in [5.74, 6) is -1.01. The number of carbonyl (C=O) groups excluding carboxylic acids is 4. The zero-order valence-electron chi connectivity index (χ0n) is 23.8. The van der Waals surface area contributed by atoms with Crippen LogP contribution in [-0.2, 0) is 0 Å². The van der Waals surface area contributed by atoms with Crippen LogP contribution in [0.4, 0.5) is 0 Å². The number of benzene rings is 4. The SMILES string of the molecule is CN(C)CCN1C(=O)c2cccc3cc(Cl)cc(c23)C1=O.CN(C)CCN1C(=O)c2cccc3cc(Cl)cc(c23)C1=O. The van der Waals surface area contributed by atoms with Gasteiger partial charge in [0, 0.05) is 58.1 Å². The molecule has 0 bridgehead atoms. The molecule has 4 aromatic rings. The van der Waals surface area contributed by atoms with E-state index in [9.17, 15) is 19.2 Å². The van der Waals surface area contributed by atoms with Crippen molar-refractivity contribution in [3.05, 3.63) is 93.0 Å². The minimum atomic E-state index is -0.270. The maximum absolute atomic E-state index is 12.6.